The second-order valence-electron chi connectivity index (χ2n) is 6.29. The minimum absolute atomic E-state index is 0.00861. The zero-order chi connectivity index (χ0) is 14.2. The second kappa shape index (κ2) is 5.35. The molecule has 0 aromatic carbocycles. The fourth-order valence-corrected chi connectivity index (χ4v) is 4.24. The van der Waals surface area contributed by atoms with E-state index < -0.39 is 5.41 Å². The summed E-state index contributed by atoms with van der Waals surface area (Å²) in [4.78, 5) is 29.0. The first-order valence-electron chi connectivity index (χ1n) is 7.03. The molecule has 0 spiro atoms. The lowest BCUT2D eigenvalue weighted by molar-refractivity contribution is -0.143. The molecule has 19 heavy (non-hydrogen) atoms. The highest BCUT2D eigenvalue weighted by atomic mass is 32.2. The number of rotatable bonds is 1. The van der Waals surface area contributed by atoms with E-state index in [4.69, 9.17) is 0 Å². The van der Waals surface area contributed by atoms with Gasteiger partial charge in [0.2, 0.25) is 11.8 Å². The van der Waals surface area contributed by atoms with Gasteiger partial charge in [-0.2, -0.15) is 11.8 Å². The number of amides is 2. The van der Waals surface area contributed by atoms with Crippen molar-refractivity contribution >= 4 is 23.6 Å². The molecule has 0 N–H and O–H groups in total. The number of carbonyl (C=O) groups is 2. The molecule has 2 aliphatic heterocycles. The smallest absolute Gasteiger partial charge is 0.230 e. The van der Waals surface area contributed by atoms with Crippen molar-refractivity contribution < 1.29 is 9.59 Å². The van der Waals surface area contributed by atoms with Crippen molar-refractivity contribution in [3.63, 3.8) is 0 Å². The molecular formula is C14H24N2O2S. The van der Waals surface area contributed by atoms with Crippen molar-refractivity contribution in [1.29, 1.82) is 0 Å². The van der Waals surface area contributed by atoms with Gasteiger partial charge in [0.15, 0.2) is 0 Å². The summed E-state index contributed by atoms with van der Waals surface area (Å²) < 4.78 is 0. The third kappa shape index (κ3) is 2.62. The van der Waals surface area contributed by atoms with E-state index in [2.05, 4.69) is 0 Å². The Labute approximate surface area is 119 Å². The van der Waals surface area contributed by atoms with Crippen LogP contribution in [0.4, 0.5) is 0 Å². The van der Waals surface area contributed by atoms with E-state index in [1.807, 2.05) is 49.3 Å². The summed E-state index contributed by atoms with van der Waals surface area (Å²) in [7, 11) is 0. The predicted octanol–water partition coefficient (Wildman–Crippen LogP) is 1.45. The number of nitrogens with zero attached hydrogens (tertiary/aromatic N) is 2. The van der Waals surface area contributed by atoms with Crippen molar-refractivity contribution in [3.8, 4) is 0 Å². The van der Waals surface area contributed by atoms with Gasteiger partial charge in [-0.05, 0) is 13.8 Å². The Morgan fingerprint density at radius 3 is 2.63 bits per heavy atom. The van der Waals surface area contributed by atoms with Gasteiger partial charge in [-0.15, -0.1) is 0 Å². The van der Waals surface area contributed by atoms with E-state index in [0.717, 1.165) is 18.1 Å². The molecule has 1 unspecified atom stereocenters. The molecular weight excluding hydrogens is 260 g/mol. The Bertz CT molecular complexity index is 382. The first kappa shape index (κ1) is 14.7. The lowest BCUT2D eigenvalue weighted by Gasteiger charge is -2.40. The van der Waals surface area contributed by atoms with Gasteiger partial charge >= 0.3 is 0 Å². The molecule has 2 heterocycles. The zero-order valence-electron chi connectivity index (χ0n) is 12.3. The van der Waals surface area contributed by atoms with Crippen molar-refractivity contribution in [2.75, 3.05) is 31.1 Å². The third-order valence-electron chi connectivity index (χ3n) is 4.22. The summed E-state index contributed by atoms with van der Waals surface area (Å²) >= 11 is 1.85. The van der Waals surface area contributed by atoms with E-state index in [-0.39, 0.29) is 23.8 Å². The van der Waals surface area contributed by atoms with E-state index >= 15 is 0 Å². The number of hydrogen-bond acceptors (Lipinski definition) is 3. The van der Waals surface area contributed by atoms with Gasteiger partial charge in [0.25, 0.3) is 0 Å². The van der Waals surface area contributed by atoms with Crippen LogP contribution in [0, 0.1) is 11.3 Å². The standard InChI is InChI=1S/C14H24N2O2S/c1-10(2)12(17)16-6-5-15-7-8-19-9-11(16)14(3,4)13(15)18/h10-11H,5-9H2,1-4H3. The maximum Gasteiger partial charge on any atom is 0.230 e. The normalized spacial score (nSPS) is 27.2. The third-order valence-corrected chi connectivity index (χ3v) is 5.24. The molecule has 0 saturated carbocycles. The highest BCUT2D eigenvalue weighted by Crippen LogP contribution is 2.35. The van der Waals surface area contributed by atoms with E-state index in [1.54, 1.807) is 0 Å². The molecule has 0 aromatic heterocycles. The molecule has 2 rings (SSSR count). The monoisotopic (exact) mass is 284 g/mol. The summed E-state index contributed by atoms with van der Waals surface area (Å²) in [6.07, 6.45) is 0. The molecule has 0 aliphatic carbocycles. The molecule has 2 bridgehead atoms. The summed E-state index contributed by atoms with van der Waals surface area (Å²) in [6, 6.07) is 0.0187. The molecule has 2 fully saturated rings. The van der Waals surface area contributed by atoms with Gasteiger partial charge in [-0.1, -0.05) is 13.8 Å². The van der Waals surface area contributed by atoms with Crippen LogP contribution < -0.4 is 0 Å². The first-order valence-corrected chi connectivity index (χ1v) is 8.18. The minimum Gasteiger partial charge on any atom is -0.340 e. The van der Waals surface area contributed by atoms with Crippen molar-refractivity contribution in [2.45, 2.75) is 33.7 Å². The largest absolute Gasteiger partial charge is 0.340 e. The predicted molar refractivity (Wildman–Crippen MR) is 78.0 cm³/mol. The van der Waals surface area contributed by atoms with Crippen LogP contribution in [0.25, 0.3) is 0 Å². The van der Waals surface area contributed by atoms with Crippen molar-refractivity contribution in [3.05, 3.63) is 0 Å². The van der Waals surface area contributed by atoms with Crippen LogP contribution >= 0.6 is 11.8 Å². The fourth-order valence-electron chi connectivity index (χ4n) is 2.90. The Kier molecular flexibility index (Phi) is 4.14. The van der Waals surface area contributed by atoms with Gasteiger partial charge in [0.05, 0.1) is 11.5 Å². The SMILES string of the molecule is CC(C)C(=O)N1CCN2CCSCC1C(C)(C)C2=O. The van der Waals surface area contributed by atoms with Gasteiger partial charge in [-0.25, -0.2) is 0 Å². The zero-order valence-corrected chi connectivity index (χ0v) is 13.1. The topological polar surface area (TPSA) is 40.6 Å². The lowest BCUT2D eigenvalue weighted by atomic mass is 9.83. The maximum atomic E-state index is 12.6. The molecule has 4 nitrogen and oxygen atoms in total. The first-order chi connectivity index (χ1) is 8.85. The van der Waals surface area contributed by atoms with Gasteiger partial charge in [0.1, 0.15) is 0 Å². The summed E-state index contributed by atoms with van der Waals surface area (Å²) in [5, 5.41) is 0. The van der Waals surface area contributed by atoms with Gasteiger partial charge in [-0.3, -0.25) is 9.59 Å². The van der Waals surface area contributed by atoms with Crippen molar-refractivity contribution in [1.82, 2.24) is 9.80 Å². The van der Waals surface area contributed by atoms with Gasteiger partial charge in [0, 0.05) is 37.1 Å². The van der Waals surface area contributed by atoms with Gasteiger partial charge < -0.3 is 9.80 Å². The van der Waals surface area contributed by atoms with Crippen LogP contribution in [-0.2, 0) is 9.59 Å². The van der Waals surface area contributed by atoms with E-state index in [1.165, 1.54) is 0 Å². The summed E-state index contributed by atoms with van der Waals surface area (Å²) in [5.41, 5.74) is -0.478. The Morgan fingerprint density at radius 2 is 2.00 bits per heavy atom. The Balaban J connectivity index is 2.37. The fraction of sp³-hybridized carbons (Fsp3) is 0.857. The van der Waals surface area contributed by atoms with Crippen LogP contribution in [0.5, 0.6) is 0 Å². The lowest BCUT2D eigenvalue weighted by Crippen LogP contribution is -2.54. The molecule has 0 aromatic rings. The second-order valence-corrected chi connectivity index (χ2v) is 7.44. The van der Waals surface area contributed by atoms with Crippen LogP contribution in [0.3, 0.4) is 0 Å². The van der Waals surface area contributed by atoms with Crippen LogP contribution in [0.2, 0.25) is 0 Å². The highest BCUT2D eigenvalue weighted by molar-refractivity contribution is 7.99. The molecule has 2 amide bonds. The quantitative estimate of drug-likeness (QED) is 0.732. The minimum atomic E-state index is -0.478. The Hall–Kier alpha value is -0.710. The summed E-state index contributed by atoms with van der Waals surface area (Å²) in [5.74, 6) is 2.21. The molecule has 2 saturated heterocycles. The molecule has 5 heteroatoms. The molecule has 1 atom stereocenters. The van der Waals surface area contributed by atoms with E-state index in [0.29, 0.717) is 13.1 Å². The van der Waals surface area contributed by atoms with Crippen LogP contribution in [-0.4, -0.2) is 58.8 Å². The van der Waals surface area contributed by atoms with Crippen LogP contribution in [0.1, 0.15) is 27.7 Å². The average Bonchev–Trinajstić information content (AvgIpc) is 2.44. The average molecular weight is 284 g/mol. The molecule has 2 aliphatic rings. The number of thioether (sulfide) groups is 1. The Morgan fingerprint density at radius 1 is 1.32 bits per heavy atom. The van der Waals surface area contributed by atoms with Crippen LogP contribution in [0.15, 0.2) is 0 Å². The maximum absolute atomic E-state index is 12.6. The number of hydrogen-bond donors (Lipinski definition) is 0. The molecule has 108 valence electrons. The number of fused-ring (bicyclic) bond motifs is 3. The summed E-state index contributed by atoms with van der Waals surface area (Å²) in [6.45, 7) is 10.0. The number of carbonyl (C=O) groups excluding carboxylic acids is 2. The van der Waals surface area contributed by atoms with E-state index in [9.17, 15) is 9.59 Å². The highest BCUT2D eigenvalue weighted by Gasteiger charge is 2.47. The van der Waals surface area contributed by atoms with Crippen molar-refractivity contribution in [2.24, 2.45) is 11.3 Å². The molecule has 0 radical (unpaired) electrons.